The van der Waals surface area contributed by atoms with Gasteiger partial charge in [-0.2, -0.15) is 5.10 Å². The van der Waals surface area contributed by atoms with Gasteiger partial charge < -0.3 is 21.7 Å². The van der Waals surface area contributed by atoms with E-state index in [2.05, 4.69) is 20.3 Å². The second-order valence-electron chi connectivity index (χ2n) is 7.51. The van der Waals surface area contributed by atoms with Crippen LogP contribution in [0.2, 0.25) is 10.0 Å². The van der Waals surface area contributed by atoms with Gasteiger partial charge in [0.2, 0.25) is 0 Å². The van der Waals surface area contributed by atoms with Gasteiger partial charge in [-0.15, -0.1) is 11.3 Å². The molecule has 164 valence electrons. The number of nitrogens with zero attached hydrogens (tertiary/aromatic N) is 4. The predicted molar refractivity (Wildman–Crippen MR) is 127 cm³/mol. The van der Waals surface area contributed by atoms with Crippen molar-refractivity contribution in [2.24, 2.45) is 18.7 Å². The lowest BCUT2D eigenvalue weighted by atomic mass is 9.96. The SMILES string of the molecule is Cn1ncc(-c2c(N)c(Cl)cc(NC(=O)c3cscn3)c2Cl)c1N1CCC(CN)CC1. The molecule has 0 aliphatic carbocycles. The number of halogens is 2. The highest BCUT2D eigenvalue weighted by Crippen LogP contribution is 2.46. The number of carbonyl (C=O) groups is 1. The molecule has 3 aromatic rings. The first-order chi connectivity index (χ1) is 14.9. The Morgan fingerprint density at radius 2 is 2.10 bits per heavy atom. The van der Waals surface area contributed by atoms with Crippen LogP contribution in [0.3, 0.4) is 0 Å². The lowest BCUT2D eigenvalue weighted by Crippen LogP contribution is -2.37. The average Bonchev–Trinajstić information content (AvgIpc) is 3.43. The second-order valence-corrected chi connectivity index (χ2v) is 9.01. The first-order valence-electron chi connectivity index (χ1n) is 9.85. The van der Waals surface area contributed by atoms with Crippen molar-refractivity contribution in [2.75, 3.05) is 35.6 Å². The summed E-state index contributed by atoms with van der Waals surface area (Å²) in [5.74, 6) is 1.06. The number of anilines is 3. The van der Waals surface area contributed by atoms with Crippen LogP contribution < -0.4 is 21.7 Å². The standard InChI is InChI=1S/C20H23Cl2N7OS/c1-28-20(29-4-2-11(7-23)3-5-29)12(8-26-28)16-17(22)14(6-13(21)18(16)24)27-19(30)15-9-31-10-25-15/h6,8-11H,2-5,7,23-24H2,1H3,(H,27,30). The van der Waals surface area contributed by atoms with Gasteiger partial charge in [0.25, 0.3) is 5.91 Å². The van der Waals surface area contributed by atoms with E-state index in [0.717, 1.165) is 37.3 Å². The maximum Gasteiger partial charge on any atom is 0.275 e. The minimum absolute atomic E-state index is 0.296. The topological polar surface area (TPSA) is 115 Å². The van der Waals surface area contributed by atoms with Crippen molar-refractivity contribution < 1.29 is 4.79 Å². The molecule has 0 spiro atoms. The molecule has 1 fully saturated rings. The number of nitrogens with one attached hydrogen (secondary N) is 1. The van der Waals surface area contributed by atoms with E-state index in [-0.39, 0.29) is 5.91 Å². The van der Waals surface area contributed by atoms with Crippen LogP contribution in [0.15, 0.2) is 23.2 Å². The Hall–Kier alpha value is -2.33. The third kappa shape index (κ3) is 4.23. The summed E-state index contributed by atoms with van der Waals surface area (Å²) >= 11 is 14.5. The molecule has 4 rings (SSSR count). The molecule has 1 aliphatic heterocycles. The van der Waals surface area contributed by atoms with Crippen LogP contribution in [0.1, 0.15) is 23.3 Å². The van der Waals surface area contributed by atoms with Crippen LogP contribution in [0.5, 0.6) is 0 Å². The highest BCUT2D eigenvalue weighted by Gasteiger charge is 2.27. The number of thiazole rings is 1. The van der Waals surface area contributed by atoms with Gasteiger partial charge in [0.05, 0.1) is 33.1 Å². The summed E-state index contributed by atoms with van der Waals surface area (Å²) in [5.41, 5.74) is 16.1. The van der Waals surface area contributed by atoms with Gasteiger partial charge in [-0.3, -0.25) is 9.48 Å². The highest BCUT2D eigenvalue weighted by atomic mass is 35.5. The molecule has 11 heteroatoms. The van der Waals surface area contributed by atoms with Crippen molar-refractivity contribution in [2.45, 2.75) is 12.8 Å². The third-order valence-corrected chi connectivity index (χ3v) is 6.88. The lowest BCUT2D eigenvalue weighted by Gasteiger charge is -2.33. The Labute approximate surface area is 194 Å². The maximum atomic E-state index is 12.5. The lowest BCUT2D eigenvalue weighted by molar-refractivity contribution is 0.102. The van der Waals surface area contributed by atoms with E-state index < -0.39 is 0 Å². The van der Waals surface area contributed by atoms with Crippen molar-refractivity contribution in [3.05, 3.63) is 38.9 Å². The molecule has 1 amide bonds. The summed E-state index contributed by atoms with van der Waals surface area (Å²) in [4.78, 5) is 18.8. The van der Waals surface area contributed by atoms with Gasteiger partial charge in [0.15, 0.2) is 0 Å². The van der Waals surface area contributed by atoms with E-state index in [1.54, 1.807) is 23.2 Å². The van der Waals surface area contributed by atoms with Crippen LogP contribution >= 0.6 is 34.5 Å². The Bertz CT molecular complexity index is 1090. The molecule has 8 nitrogen and oxygen atoms in total. The molecule has 0 unspecified atom stereocenters. The molecular formula is C20H23Cl2N7OS. The van der Waals surface area contributed by atoms with Gasteiger partial charge in [0.1, 0.15) is 11.5 Å². The molecule has 0 bridgehead atoms. The number of nitrogens with two attached hydrogens (primary N) is 2. The number of hydrogen-bond acceptors (Lipinski definition) is 7. The van der Waals surface area contributed by atoms with Crippen molar-refractivity contribution >= 4 is 57.6 Å². The van der Waals surface area contributed by atoms with Crippen molar-refractivity contribution in [3.8, 4) is 11.1 Å². The van der Waals surface area contributed by atoms with Crippen LogP contribution in [0.4, 0.5) is 17.2 Å². The maximum absolute atomic E-state index is 12.5. The van der Waals surface area contributed by atoms with Gasteiger partial charge in [-0.25, -0.2) is 4.98 Å². The zero-order chi connectivity index (χ0) is 22.1. The number of rotatable bonds is 5. The number of aromatic nitrogens is 3. The zero-order valence-corrected chi connectivity index (χ0v) is 19.3. The molecule has 1 aliphatic rings. The first-order valence-corrected chi connectivity index (χ1v) is 11.5. The van der Waals surface area contributed by atoms with Gasteiger partial charge in [-0.05, 0) is 31.4 Å². The smallest absolute Gasteiger partial charge is 0.275 e. The van der Waals surface area contributed by atoms with Crippen LogP contribution in [-0.4, -0.2) is 40.3 Å². The van der Waals surface area contributed by atoms with E-state index in [1.165, 1.54) is 11.3 Å². The molecule has 1 aromatic carbocycles. The second kappa shape index (κ2) is 9.04. The average molecular weight is 480 g/mol. The number of benzene rings is 1. The third-order valence-electron chi connectivity index (χ3n) is 5.59. The Morgan fingerprint density at radius 1 is 1.35 bits per heavy atom. The molecule has 5 N–H and O–H groups in total. The zero-order valence-electron chi connectivity index (χ0n) is 16.9. The normalized spacial score (nSPS) is 14.8. The van der Waals surface area contributed by atoms with Crippen LogP contribution in [0, 0.1) is 5.92 Å². The van der Waals surface area contributed by atoms with E-state index in [0.29, 0.717) is 45.1 Å². The minimum atomic E-state index is -0.370. The predicted octanol–water partition coefficient (Wildman–Crippen LogP) is 3.86. The van der Waals surface area contributed by atoms with E-state index in [9.17, 15) is 4.79 Å². The van der Waals surface area contributed by atoms with E-state index >= 15 is 0 Å². The quantitative estimate of drug-likeness (QED) is 0.478. The number of carbonyl (C=O) groups excluding carboxylic acids is 1. The number of nitrogen functional groups attached to an aromatic ring is 1. The summed E-state index contributed by atoms with van der Waals surface area (Å²) in [6, 6.07) is 1.55. The molecule has 0 radical (unpaired) electrons. The van der Waals surface area contributed by atoms with Gasteiger partial charge in [0, 0.05) is 36.6 Å². The van der Waals surface area contributed by atoms with Crippen molar-refractivity contribution in [1.29, 1.82) is 0 Å². The van der Waals surface area contributed by atoms with Crippen LogP contribution in [-0.2, 0) is 7.05 Å². The van der Waals surface area contributed by atoms with Crippen LogP contribution in [0.25, 0.3) is 11.1 Å². The number of aryl methyl sites for hydroxylation is 1. The largest absolute Gasteiger partial charge is 0.397 e. The molecule has 0 saturated carbocycles. The molecule has 31 heavy (non-hydrogen) atoms. The number of hydrogen-bond donors (Lipinski definition) is 3. The van der Waals surface area contributed by atoms with E-state index in [1.807, 2.05) is 11.7 Å². The summed E-state index contributed by atoms with van der Waals surface area (Å²) in [7, 11) is 1.88. The minimum Gasteiger partial charge on any atom is -0.397 e. The van der Waals surface area contributed by atoms with Gasteiger partial charge in [-0.1, -0.05) is 23.2 Å². The van der Waals surface area contributed by atoms with Crippen molar-refractivity contribution in [1.82, 2.24) is 14.8 Å². The molecule has 2 aromatic heterocycles. The Morgan fingerprint density at radius 3 is 2.74 bits per heavy atom. The Kier molecular flexibility index (Phi) is 6.38. The molecule has 1 saturated heterocycles. The summed E-state index contributed by atoms with van der Waals surface area (Å²) < 4.78 is 1.81. The molecule has 3 heterocycles. The van der Waals surface area contributed by atoms with Crippen molar-refractivity contribution in [3.63, 3.8) is 0 Å². The number of piperidine rings is 1. The fourth-order valence-electron chi connectivity index (χ4n) is 3.87. The first kappa shape index (κ1) is 21.9. The summed E-state index contributed by atoms with van der Waals surface area (Å²) in [6.45, 7) is 2.42. The highest BCUT2D eigenvalue weighted by molar-refractivity contribution is 7.07. The van der Waals surface area contributed by atoms with E-state index in [4.69, 9.17) is 34.7 Å². The summed E-state index contributed by atoms with van der Waals surface area (Å²) in [6.07, 6.45) is 3.74. The Balaban J connectivity index is 1.73. The molecular weight excluding hydrogens is 457 g/mol. The molecule has 0 atom stereocenters. The van der Waals surface area contributed by atoms with Gasteiger partial charge >= 0.3 is 0 Å². The summed E-state index contributed by atoms with van der Waals surface area (Å²) in [5, 5.41) is 9.49. The number of amides is 1. The fraction of sp³-hybridized carbons (Fsp3) is 0.350. The monoisotopic (exact) mass is 479 g/mol. The fourth-order valence-corrected chi connectivity index (χ4v) is 4.91.